The number of carbonyl (C=O) groups is 2. The number of esters is 2. The average Bonchev–Trinajstić information content (AvgIpc) is 0.811. The smallest absolute Gasteiger partial charge is 0.870 e. The van der Waals surface area contributed by atoms with Crippen molar-refractivity contribution in [1.82, 2.24) is 0 Å². The Labute approximate surface area is 627 Å². The van der Waals surface area contributed by atoms with Crippen LogP contribution in [0.25, 0.3) is 0 Å². The first-order chi connectivity index (χ1) is 48.1. The van der Waals surface area contributed by atoms with E-state index >= 15 is 0 Å². The second-order valence-electron chi connectivity index (χ2n) is 26.8. The maximum atomic E-state index is 11.9. The largest absolute Gasteiger partial charge is 1.00 e. The van der Waals surface area contributed by atoms with Crippen molar-refractivity contribution in [1.29, 1.82) is 0 Å². The molecule has 6 aromatic rings. The number of benzene rings is 6. The molecule has 0 amide bonds. The number of ether oxygens (including phenoxy) is 11. The number of aliphatic hydroxyl groups excluding tert-OH is 4. The van der Waals surface area contributed by atoms with Gasteiger partial charge in [0, 0.05) is 30.2 Å². The van der Waals surface area contributed by atoms with Crippen LogP contribution in [0.2, 0.25) is 6.32 Å². The number of halogens is 1. The van der Waals surface area contributed by atoms with E-state index in [4.69, 9.17) is 62.2 Å². The molecule has 0 aromatic heterocycles. The molecule has 9 N–H and O–H groups in total. The van der Waals surface area contributed by atoms with E-state index in [9.17, 15) is 30.0 Å². The first-order valence-corrected chi connectivity index (χ1v) is 36.3. The van der Waals surface area contributed by atoms with Crippen molar-refractivity contribution >= 4 is 35.0 Å². The third-order valence-corrected chi connectivity index (χ3v) is 20.8. The standard InChI is InChI=1S/C28H36O5.C26H31BrO5.C23H28O7.C2H7BO2.Li.2H2O/c1-6-21-9-10-22(28-27(32-19(5)29)18(4)17(3)24(7-2)33-28)16-23(21)14-20-8-11-25-26(15-20)31-13-12-30-25;1-5-22-15(2)16(3)25(31-17(4)28)26(32-22)19-7-8-21(27)20(14-19)12-18-6-9-23-24(13-18)30-11-10-29-23;1-2-14-4-5-15(23-22(27)21(26)20(25)19(12-24)30-23)11-16(14)9-13-3-6-17-18(10-13)29-8-7-28-17;1-2-3(4)5;;;/h8-11,15-18,24,27-28H,6-7,12-14H2,1-5H3;6-9,13-16,22,25-26H,5,10-12H2,1-4H3;3-6,10-11,19-27H,2,7-9,12H2,1H3;4-5H,2H2,1H3;;2*1H2/q;;;;+1;;/p-1/t17-,18-,24+,27+,28-;15-,16-,22+,25+,26-;19-,20-,21+,22-,23+;;;;/m001..../s1. The SMILES string of the molecule is CCB(O)O.CC[C@H]1O[C@@H](c2ccc(Br)c(Cc3ccc4c(c3)OCCO4)c2)[C@H](OC(C)=O)[C@@H](C)[C@@H]1C.CCc1ccc([C@@H]2O[C@H](CC)[C@@H](C)[C@H](C)[C@H]2OC(C)=O)cc1Cc1ccc2c(c1)OCCO2.CCc1ccc([C@@H]2O[C@H](CO)[C@@H](O)[C@H](O)[C@H]2O)cc1Cc1ccc2c(c1)OCCO2.O.[Li+].[OH-]. The summed E-state index contributed by atoms with van der Waals surface area (Å²) < 4.78 is 65.5. The zero-order chi connectivity index (χ0) is 71.9. The molecule has 6 aliphatic rings. The maximum absolute atomic E-state index is 11.9. The molecule has 6 aromatic carbocycles. The van der Waals surface area contributed by atoms with Gasteiger partial charge in [0.15, 0.2) is 34.5 Å². The molecule has 0 bridgehead atoms. The van der Waals surface area contributed by atoms with Gasteiger partial charge < -0.3 is 93.5 Å². The summed E-state index contributed by atoms with van der Waals surface area (Å²) in [6.07, 6.45) is -0.465. The third-order valence-electron chi connectivity index (χ3n) is 20.1. The Bertz CT molecular complexity index is 3670. The quantitative estimate of drug-likeness (QED) is 0.0371. The summed E-state index contributed by atoms with van der Waals surface area (Å²) in [6.45, 7) is 24.9. The predicted octanol–water partition coefficient (Wildman–Crippen LogP) is 8.14. The minimum absolute atomic E-state index is 0. The minimum Gasteiger partial charge on any atom is -0.870 e. The van der Waals surface area contributed by atoms with Gasteiger partial charge in [0.1, 0.15) is 94.6 Å². The second kappa shape index (κ2) is 40.5. The van der Waals surface area contributed by atoms with E-state index in [1.165, 1.54) is 36.1 Å². The number of hydrogen-bond acceptors (Lipinski definition) is 20. The molecule has 558 valence electrons. The van der Waals surface area contributed by atoms with E-state index in [-0.39, 0.29) is 90.2 Å². The van der Waals surface area contributed by atoms with Crippen molar-refractivity contribution < 1.29 is 122 Å². The molecular formula is C79H105BBrLiO21. The fourth-order valence-corrected chi connectivity index (χ4v) is 14.4. The van der Waals surface area contributed by atoms with Gasteiger partial charge in [-0.2, -0.15) is 0 Å². The van der Waals surface area contributed by atoms with Gasteiger partial charge in [-0.25, -0.2) is 0 Å². The summed E-state index contributed by atoms with van der Waals surface area (Å²) in [5.41, 5.74) is 12.1. The van der Waals surface area contributed by atoms with E-state index in [1.807, 2.05) is 54.6 Å². The van der Waals surface area contributed by atoms with E-state index in [1.54, 1.807) is 6.92 Å². The molecule has 0 aliphatic carbocycles. The van der Waals surface area contributed by atoms with Crippen molar-refractivity contribution in [2.45, 2.75) is 195 Å². The molecule has 103 heavy (non-hydrogen) atoms. The van der Waals surface area contributed by atoms with Gasteiger partial charge in [-0.1, -0.05) is 145 Å². The first kappa shape index (κ1) is 85.7. The Morgan fingerprint density at radius 2 is 0.796 bits per heavy atom. The normalized spacial score (nSPS) is 25.6. The van der Waals surface area contributed by atoms with Crippen LogP contribution < -0.4 is 47.3 Å². The molecule has 0 unspecified atom stereocenters. The van der Waals surface area contributed by atoms with Gasteiger partial charge in [-0.15, -0.1) is 0 Å². The van der Waals surface area contributed by atoms with E-state index in [2.05, 4.69) is 126 Å². The molecule has 3 fully saturated rings. The van der Waals surface area contributed by atoms with Crippen LogP contribution in [0.5, 0.6) is 34.5 Å². The second-order valence-corrected chi connectivity index (χ2v) is 27.7. The first-order valence-electron chi connectivity index (χ1n) is 35.6. The molecule has 3 saturated heterocycles. The molecule has 21 nitrogen and oxygen atoms in total. The van der Waals surface area contributed by atoms with Crippen molar-refractivity contribution in [3.8, 4) is 34.5 Å². The summed E-state index contributed by atoms with van der Waals surface area (Å²) in [6, 6.07) is 36.8. The van der Waals surface area contributed by atoms with E-state index in [0.717, 1.165) is 111 Å². The summed E-state index contributed by atoms with van der Waals surface area (Å²) in [4.78, 5) is 23.8. The zero-order valence-electron chi connectivity index (χ0n) is 61.6. The van der Waals surface area contributed by atoms with E-state index < -0.39 is 44.2 Å². The fourth-order valence-electron chi connectivity index (χ4n) is 14.0. The molecule has 15 atom stereocenters. The number of fused-ring (bicyclic) bond motifs is 3. The molecule has 0 spiro atoms. The van der Waals surface area contributed by atoms with Crippen LogP contribution in [0.15, 0.2) is 114 Å². The predicted molar refractivity (Wildman–Crippen MR) is 389 cm³/mol. The van der Waals surface area contributed by atoms with E-state index in [0.29, 0.717) is 69.8 Å². The Balaban J connectivity index is 0.000000231. The minimum atomic E-state index is -1.40. The van der Waals surface area contributed by atoms with Crippen molar-refractivity contribution in [3.05, 3.63) is 175 Å². The van der Waals surface area contributed by atoms with Crippen LogP contribution in [0.3, 0.4) is 0 Å². The van der Waals surface area contributed by atoms with Gasteiger partial charge in [-0.3, -0.25) is 9.59 Å². The Morgan fingerprint density at radius 1 is 0.456 bits per heavy atom. The van der Waals surface area contributed by atoms with Crippen molar-refractivity contribution in [3.63, 3.8) is 0 Å². The molecule has 6 aliphatic heterocycles. The topological polar surface area (TPSA) is 319 Å². The van der Waals surface area contributed by atoms with Crippen LogP contribution in [0, 0.1) is 23.7 Å². The summed E-state index contributed by atoms with van der Waals surface area (Å²) in [5.74, 6) is 5.21. The van der Waals surface area contributed by atoms with Crippen LogP contribution in [-0.2, 0) is 65.4 Å². The number of rotatable bonds is 17. The Kier molecular flexibility index (Phi) is 33.7. The maximum Gasteiger partial charge on any atom is 1.00 e. The molecule has 0 radical (unpaired) electrons. The Hall–Kier alpha value is -6.24. The van der Waals surface area contributed by atoms with Gasteiger partial charge in [0.05, 0.1) is 18.8 Å². The Morgan fingerprint density at radius 3 is 1.15 bits per heavy atom. The molecule has 0 saturated carbocycles. The third kappa shape index (κ3) is 21.7. The number of aryl methyl sites for hydroxylation is 2. The van der Waals surface area contributed by atoms with Gasteiger partial charge >= 0.3 is 37.9 Å². The molecule has 24 heteroatoms. The molecule has 12 rings (SSSR count). The number of carbonyl (C=O) groups excluding carboxylic acids is 2. The van der Waals surface area contributed by atoms with Crippen LogP contribution >= 0.6 is 15.9 Å². The fraction of sp³-hybridized carbons (Fsp3) is 0.519. The summed E-state index contributed by atoms with van der Waals surface area (Å²) in [7, 11) is -1.12. The van der Waals surface area contributed by atoms with Crippen LogP contribution in [0.4, 0.5) is 0 Å². The molecule has 6 heterocycles. The van der Waals surface area contributed by atoms with Gasteiger partial charge in [0.25, 0.3) is 0 Å². The number of hydrogen-bond donors (Lipinski definition) is 6. The van der Waals surface area contributed by atoms with Crippen molar-refractivity contribution in [2.24, 2.45) is 23.7 Å². The van der Waals surface area contributed by atoms with Gasteiger partial charge in [0.2, 0.25) is 0 Å². The average molecular weight is 1490 g/mol. The zero-order valence-corrected chi connectivity index (χ0v) is 63.1. The van der Waals surface area contributed by atoms with Gasteiger partial charge in [-0.05, 0) is 167 Å². The molecular weight excluding hydrogens is 1380 g/mol. The van der Waals surface area contributed by atoms with Crippen LogP contribution in [0.1, 0.15) is 169 Å². The number of aliphatic hydroxyl groups is 4. The monoisotopic (exact) mass is 1490 g/mol. The summed E-state index contributed by atoms with van der Waals surface area (Å²) >= 11 is 3.71. The van der Waals surface area contributed by atoms with Crippen molar-refractivity contribution in [2.75, 3.05) is 46.2 Å². The summed E-state index contributed by atoms with van der Waals surface area (Å²) in [5, 5.41) is 55.9. The van der Waals surface area contributed by atoms with Crippen LogP contribution in [-0.4, -0.2) is 156 Å².